The fourth-order valence-electron chi connectivity index (χ4n) is 3.37. The van der Waals surface area contributed by atoms with Crippen LogP contribution in [-0.2, 0) is 9.59 Å². The maximum Gasteiger partial charge on any atom is 0.295 e. The fraction of sp³-hybridized carbons (Fsp3) is 0.400. The van der Waals surface area contributed by atoms with Crippen molar-refractivity contribution >= 4 is 28.8 Å². The number of amides is 1. The van der Waals surface area contributed by atoms with Crippen molar-refractivity contribution in [1.29, 1.82) is 0 Å². The summed E-state index contributed by atoms with van der Waals surface area (Å²) in [4.78, 5) is 38.5. The Morgan fingerprint density at radius 3 is 2.68 bits per heavy atom. The largest absolute Gasteiger partial charge is 0.507 e. The lowest BCUT2D eigenvalue weighted by molar-refractivity contribution is -0.139. The smallest absolute Gasteiger partial charge is 0.295 e. The molecule has 1 aliphatic heterocycles. The van der Waals surface area contributed by atoms with Crippen molar-refractivity contribution in [3.8, 4) is 0 Å². The van der Waals surface area contributed by atoms with E-state index in [1.54, 1.807) is 18.7 Å². The molecule has 3 heterocycles. The molecule has 0 spiro atoms. The Morgan fingerprint density at radius 2 is 2.07 bits per heavy atom. The molecule has 0 aliphatic carbocycles. The molecule has 148 valence electrons. The molecule has 2 aromatic heterocycles. The topological polar surface area (TPSA) is 86.6 Å². The Balaban J connectivity index is 2.07. The van der Waals surface area contributed by atoms with E-state index in [1.807, 2.05) is 36.5 Å². The highest BCUT2D eigenvalue weighted by Crippen LogP contribution is 2.41. The zero-order valence-corrected chi connectivity index (χ0v) is 17.3. The Hall–Kier alpha value is -2.58. The number of aliphatic hydroxyl groups excluding tert-OH is 1. The van der Waals surface area contributed by atoms with Crippen molar-refractivity contribution < 1.29 is 14.7 Å². The number of thiophene rings is 1. The van der Waals surface area contributed by atoms with Crippen LogP contribution >= 0.6 is 11.3 Å². The van der Waals surface area contributed by atoms with Gasteiger partial charge in [0.15, 0.2) is 0 Å². The quantitative estimate of drug-likeness (QED) is 0.456. The molecule has 1 aliphatic rings. The molecule has 0 unspecified atom stereocenters. The number of ketones is 1. The van der Waals surface area contributed by atoms with E-state index in [0.717, 1.165) is 17.8 Å². The number of carbonyl (C=O) groups excluding carboxylic acids is 2. The lowest BCUT2D eigenvalue weighted by Gasteiger charge is -2.24. The molecule has 1 atom stereocenters. The van der Waals surface area contributed by atoms with Gasteiger partial charge in [-0.1, -0.05) is 6.07 Å². The first-order chi connectivity index (χ1) is 13.3. The van der Waals surface area contributed by atoms with Gasteiger partial charge in [-0.3, -0.25) is 9.59 Å². The van der Waals surface area contributed by atoms with Gasteiger partial charge in [0, 0.05) is 17.6 Å². The lowest BCUT2D eigenvalue weighted by atomic mass is 10.00. The first-order valence-electron chi connectivity index (χ1n) is 9.08. The molecule has 7 nitrogen and oxygen atoms in total. The third-order valence-electron chi connectivity index (χ3n) is 4.71. The zero-order chi connectivity index (χ0) is 20.4. The molecule has 1 fully saturated rings. The van der Waals surface area contributed by atoms with Crippen molar-refractivity contribution in [2.24, 2.45) is 0 Å². The number of likely N-dealkylation sites (tertiary alicyclic amines) is 1. The minimum atomic E-state index is -0.666. The first-order valence-corrected chi connectivity index (χ1v) is 9.96. The summed E-state index contributed by atoms with van der Waals surface area (Å²) in [5.74, 6) is -0.887. The van der Waals surface area contributed by atoms with Crippen LogP contribution in [0, 0.1) is 13.8 Å². The highest BCUT2D eigenvalue weighted by molar-refractivity contribution is 7.10. The standard InChI is InChI=1S/C20H24N4O3S/c1-12-14(11-21-13(2)22-12)18(25)16-17(15-7-5-10-28-15)24(20(27)19(16)26)9-6-8-23(3)4/h5,7,10-11,17,25H,6,8-9H2,1-4H3/b18-16+/t17-/m0/s1. The number of hydrogen-bond acceptors (Lipinski definition) is 7. The highest BCUT2D eigenvalue weighted by atomic mass is 32.1. The number of Topliss-reactive ketones (excluding diaryl/α,β-unsaturated/α-hetero) is 1. The van der Waals surface area contributed by atoms with Gasteiger partial charge in [-0.25, -0.2) is 9.97 Å². The van der Waals surface area contributed by atoms with E-state index in [1.165, 1.54) is 17.5 Å². The number of aryl methyl sites for hydroxylation is 2. The summed E-state index contributed by atoms with van der Waals surface area (Å²) in [6, 6.07) is 3.16. The van der Waals surface area contributed by atoms with E-state index in [0.29, 0.717) is 23.6 Å². The van der Waals surface area contributed by atoms with Crippen LogP contribution in [0.1, 0.15) is 34.4 Å². The minimum absolute atomic E-state index is 0.104. The van der Waals surface area contributed by atoms with Crippen molar-refractivity contribution in [2.75, 3.05) is 27.2 Å². The molecule has 0 bridgehead atoms. The maximum atomic E-state index is 12.9. The summed E-state index contributed by atoms with van der Waals surface area (Å²) in [6.07, 6.45) is 2.23. The van der Waals surface area contributed by atoms with Gasteiger partial charge < -0.3 is 14.9 Å². The number of rotatable bonds is 6. The summed E-state index contributed by atoms with van der Waals surface area (Å²) < 4.78 is 0. The predicted molar refractivity (Wildman–Crippen MR) is 108 cm³/mol. The van der Waals surface area contributed by atoms with Gasteiger partial charge in [0.25, 0.3) is 11.7 Å². The van der Waals surface area contributed by atoms with E-state index < -0.39 is 17.7 Å². The van der Waals surface area contributed by atoms with E-state index in [9.17, 15) is 14.7 Å². The number of nitrogens with zero attached hydrogens (tertiary/aromatic N) is 4. The summed E-state index contributed by atoms with van der Waals surface area (Å²) in [5.41, 5.74) is 1.04. The van der Waals surface area contributed by atoms with Crippen molar-refractivity contribution in [1.82, 2.24) is 19.8 Å². The van der Waals surface area contributed by atoms with E-state index in [-0.39, 0.29) is 11.3 Å². The Kier molecular flexibility index (Phi) is 5.90. The van der Waals surface area contributed by atoms with Crippen molar-refractivity contribution in [3.05, 3.63) is 51.2 Å². The molecular formula is C20H24N4O3S. The van der Waals surface area contributed by atoms with Crippen molar-refractivity contribution in [3.63, 3.8) is 0 Å². The molecular weight excluding hydrogens is 376 g/mol. The third kappa shape index (κ3) is 3.83. The summed E-state index contributed by atoms with van der Waals surface area (Å²) in [7, 11) is 3.93. The average Bonchev–Trinajstić information content (AvgIpc) is 3.23. The van der Waals surface area contributed by atoms with E-state index in [4.69, 9.17) is 0 Å². The second kappa shape index (κ2) is 8.20. The zero-order valence-electron chi connectivity index (χ0n) is 16.5. The van der Waals surface area contributed by atoms with Crippen molar-refractivity contribution in [2.45, 2.75) is 26.3 Å². The molecule has 1 N–H and O–H groups in total. The van der Waals surface area contributed by atoms with Gasteiger partial charge in [-0.05, 0) is 52.4 Å². The van der Waals surface area contributed by atoms with Crippen LogP contribution in [0.4, 0.5) is 0 Å². The van der Waals surface area contributed by atoms with Crippen LogP contribution < -0.4 is 0 Å². The van der Waals surface area contributed by atoms with Gasteiger partial charge in [0.1, 0.15) is 11.6 Å². The Morgan fingerprint density at radius 1 is 1.32 bits per heavy atom. The second-order valence-electron chi connectivity index (χ2n) is 7.08. The maximum absolute atomic E-state index is 12.9. The van der Waals surface area contributed by atoms with E-state index >= 15 is 0 Å². The SMILES string of the molecule is Cc1ncc(/C(O)=C2\C(=O)C(=O)N(CCCN(C)C)[C@H]2c2cccs2)c(C)n1. The molecule has 1 saturated heterocycles. The van der Waals surface area contributed by atoms with Crippen LogP contribution in [-0.4, -0.2) is 63.7 Å². The Bertz CT molecular complexity index is 922. The van der Waals surface area contributed by atoms with Gasteiger partial charge in [0.05, 0.1) is 22.9 Å². The molecule has 28 heavy (non-hydrogen) atoms. The van der Waals surface area contributed by atoms with Gasteiger partial charge in [-0.15, -0.1) is 11.3 Å². The molecule has 0 saturated carbocycles. The van der Waals surface area contributed by atoms with Crippen LogP contribution in [0.5, 0.6) is 0 Å². The Labute approximate surface area is 168 Å². The molecule has 0 radical (unpaired) electrons. The normalized spacial score (nSPS) is 19.0. The van der Waals surface area contributed by atoms with Crippen LogP contribution in [0.25, 0.3) is 5.76 Å². The molecule has 0 aromatic carbocycles. The van der Waals surface area contributed by atoms with Gasteiger partial charge in [0.2, 0.25) is 0 Å². The fourth-order valence-corrected chi connectivity index (χ4v) is 4.22. The van der Waals surface area contributed by atoms with Crippen LogP contribution in [0.15, 0.2) is 29.3 Å². The number of carbonyl (C=O) groups is 2. The van der Waals surface area contributed by atoms with Crippen LogP contribution in [0.3, 0.4) is 0 Å². The third-order valence-corrected chi connectivity index (χ3v) is 5.64. The first kappa shape index (κ1) is 20.2. The van der Waals surface area contributed by atoms with E-state index in [2.05, 4.69) is 9.97 Å². The summed E-state index contributed by atoms with van der Waals surface area (Å²) in [5, 5.41) is 12.9. The molecule has 8 heteroatoms. The summed E-state index contributed by atoms with van der Waals surface area (Å²) >= 11 is 1.46. The van der Waals surface area contributed by atoms with Gasteiger partial charge >= 0.3 is 0 Å². The number of aliphatic hydroxyl groups is 1. The summed E-state index contributed by atoms with van der Waals surface area (Å²) in [6.45, 7) is 4.74. The highest BCUT2D eigenvalue weighted by Gasteiger charge is 2.46. The average molecular weight is 401 g/mol. The van der Waals surface area contributed by atoms with Crippen LogP contribution in [0.2, 0.25) is 0 Å². The second-order valence-corrected chi connectivity index (χ2v) is 8.06. The monoisotopic (exact) mass is 400 g/mol. The predicted octanol–water partition coefficient (Wildman–Crippen LogP) is 2.53. The minimum Gasteiger partial charge on any atom is -0.507 e. The molecule has 2 aromatic rings. The lowest BCUT2D eigenvalue weighted by Crippen LogP contribution is -2.32. The number of aromatic nitrogens is 2. The molecule has 1 amide bonds. The number of hydrogen-bond donors (Lipinski definition) is 1. The molecule has 3 rings (SSSR count). The van der Waals surface area contributed by atoms with Gasteiger partial charge in [-0.2, -0.15) is 0 Å².